The zero-order valence-corrected chi connectivity index (χ0v) is 49.5. The lowest BCUT2D eigenvalue weighted by Crippen LogP contribution is -2.66. The number of nitrogens with zero attached hydrogens (tertiary/aromatic N) is 8. The molecule has 6 aromatic rings. The summed E-state index contributed by atoms with van der Waals surface area (Å²) in [6.07, 6.45) is 7.80. The number of anilines is 3. The lowest BCUT2D eigenvalue weighted by atomic mass is 10.1. The molecule has 0 atom stereocenters. The number of amides is 2. The van der Waals surface area contributed by atoms with E-state index in [1.807, 2.05) is 47.6 Å². The summed E-state index contributed by atoms with van der Waals surface area (Å²) in [7, 11) is 0.483. The van der Waals surface area contributed by atoms with Crippen LogP contribution in [-0.2, 0) is 27.1 Å². The van der Waals surface area contributed by atoms with Crippen LogP contribution in [0.25, 0.3) is 0 Å². The molecule has 0 spiro atoms. The van der Waals surface area contributed by atoms with Crippen molar-refractivity contribution in [3.63, 3.8) is 0 Å². The van der Waals surface area contributed by atoms with E-state index in [0.29, 0.717) is 98.9 Å². The van der Waals surface area contributed by atoms with E-state index in [1.54, 1.807) is 28.3 Å². The Morgan fingerprint density at radius 3 is 1.62 bits per heavy atom. The molecule has 20 nitrogen and oxygen atoms in total. The van der Waals surface area contributed by atoms with Crippen LogP contribution in [-0.4, -0.2) is 130 Å². The Bertz CT molecular complexity index is 2890. The van der Waals surface area contributed by atoms with E-state index < -0.39 is 8.32 Å². The van der Waals surface area contributed by atoms with Gasteiger partial charge in [0.25, 0.3) is 20.1 Å². The van der Waals surface area contributed by atoms with Gasteiger partial charge in [-0.2, -0.15) is 9.97 Å². The van der Waals surface area contributed by atoms with Crippen LogP contribution in [0.15, 0.2) is 97.8 Å². The van der Waals surface area contributed by atoms with Gasteiger partial charge < -0.3 is 58.8 Å². The Morgan fingerprint density at radius 2 is 1.18 bits per heavy atom. The van der Waals surface area contributed by atoms with Gasteiger partial charge in [-0.05, 0) is 80.2 Å². The number of likely N-dealkylation sites (tertiary alicyclic amines) is 2. The normalized spacial score (nSPS) is 14.0. The molecule has 2 saturated heterocycles. The van der Waals surface area contributed by atoms with Crippen molar-refractivity contribution in [3.05, 3.63) is 126 Å². The number of aryl methyl sites for hydroxylation is 2. The maximum absolute atomic E-state index is 12.1. The maximum atomic E-state index is 12.1. The van der Waals surface area contributed by atoms with Crippen LogP contribution in [0, 0.1) is 13.8 Å². The van der Waals surface area contributed by atoms with Crippen molar-refractivity contribution in [3.8, 4) is 23.3 Å². The van der Waals surface area contributed by atoms with Crippen LogP contribution >= 0.6 is 11.6 Å². The van der Waals surface area contributed by atoms with E-state index in [4.69, 9.17) is 50.2 Å². The SMILES string of the molecule is COc1c(Cl)ncnc1OC1CCN(C(=O)OC(C)C)CC1.COc1c(Nc2cnc(CO)cc2C)ncnc1OC1CCN(C(=O)OC(C)C)CC1.Cc1cc(CO[Si](c2ccccc2)(c2ccccc2)C(C)(C)C)ncc1N. The van der Waals surface area contributed by atoms with Crippen LogP contribution in [0.4, 0.5) is 26.8 Å². The number of aliphatic hydroxyl groups is 1. The number of aromatic nitrogens is 6. The highest BCUT2D eigenvalue weighted by molar-refractivity contribution is 6.99. The number of nitrogens with one attached hydrogen (secondary N) is 1. The van der Waals surface area contributed by atoms with Crippen molar-refractivity contribution in [1.29, 1.82) is 0 Å². The molecule has 2 aromatic carbocycles. The predicted octanol–water partition coefficient (Wildman–Crippen LogP) is 9.39. The van der Waals surface area contributed by atoms with Crippen molar-refractivity contribution in [2.45, 2.75) is 131 Å². The largest absolute Gasteiger partial charge is 0.489 e. The van der Waals surface area contributed by atoms with E-state index in [1.165, 1.54) is 37.2 Å². The van der Waals surface area contributed by atoms with Gasteiger partial charge in [0.15, 0.2) is 11.0 Å². The molecule has 0 unspecified atom stereocenters. The van der Waals surface area contributed by atoms with Gasteiger partial charge in [0.05, 0.1) is 74.8 Å². The molecule has 22 heteroatoms. The molecular formula is C58H77ClN10O10Si. The molecule has 2 aliphatic rings. The number of ether oxygens (including phenoxy) is 6. The number of hydrogen-bond donors (Lipinski definition) is 3. The first kappa shape index (κ1) is 61.9. The minimum atomic E-state index is -2.53. The van der Waals surface area contributed by atoms with Crippen LogP contribution in [0.5, 0.6) is 23.3 Å². The number of aliphatic hydroxyl groups excluding tert-OH is 1. The van der Waals surface area contributed by atoms with E-state index >= 15 is 0 Å². The van der Waals surface area contributed by atoms with Crippen molar-refractivity contribution < 1.29 is 47.5 Å². The number of methoxy groups -OCH3 is 2. The monoisotopic (exact) mass is 1140 g/mol. The number of piperidine rings is 2. The molecule has 0 radical (unpaired) electrons. The summed E-state index contributed by atoms with van der Waals surface area (Å²) in [5.74, 6) is 1.82. The van der Waals surface area contributed by atoms with Gasteiger partial charge in [-0.1, -0.05) is 93.0 Å². The van der Waals surface area contributed by atoms with E-state index in [9.17, 15) is 14.7 Å². The predicted molar refractivity (Wildman–Crippen MR) is 310 cm³/mol. The van der Waals surface area contributed by atoms with Crippen LogP contribution in [0.1, 0.15) is 96.7 Å². The lowest BCUT2D eigenvalue weighted by Gasteiger charge is -2.43. The number of nitrogens with two attached hydrogens (primary N) is 1. The van der Waals surface area contributed by atoms with E-state index in [-0.39, 0.29) is 53.4 Å². The number of pyridine rings is 2. The fourth-order valence-corrected chi connectivity index (χ4v) is 13.8. The molecule has 0 saturated carbocycles. The molecule has 80 heavy (non-hydrogen) atoms. The first-order valence-electron chi connectivity index (χ1n) is 26.7. The van der Waals surface area contributed by atoms with Gasteiger partial charge in [-0.25, -0.2) is 19.6 Å². The fourth-order valence-electron chi connectivity index (χ4n) is 9.09. The summed E-state index contributed by atoms with van der Waals surface area (Å²) >= 11 is 5.93. The third kappa shape index (κ3) is 16.6. The molecule has 2 fully saturated rings. The van der Waals surface area contributed by atoms with Crippen LogP contribution in [0.2, 0.25) is 10.2 Å². The Labute approximate surface area is 475 Å². The molecule has 8 rings (SSSR count). The Hall–Kier alpha value is -7.33. The number of carbonyl (C=O) groups is 2. The summed E-state index contributed by atoms with van der Waals surface area (Å²) in [6.45, 7) is 20.7. The number of benzene rings is 2. The van der Waals surface area contributed by atoms with Crippen molar-refractivity contribution in [1.82, 2.24) is 39.7 Å². The second-order valence-corrected chi connectivity index (χ2v) is 25.5. The second-order valence-electron chi connectivity index (χ2n) is 20.8. The number of halogens is 1. The summed E-state index contributed by atoms with van der Waals surface area (Å²) < 4.78 is 39.9. The average Bonchev–Trinajstić information content (AvgIpc) is 3.53. The Balaban J connectivity index is 0.000000196. The summed E-state index contributed by atoms with van der Waals surface area (Å²) in [4.78, 5) is 52.3. The van der Waals surface area contributed by atoms with E-state index in [0.717, 1.165) is 22.5 Å². The lowest BCUT2D eigenvalue weighted by molar-refractivity contribution is 0.0491. The standard InChI is InChI=1S/C23H28N2OSi.C21H29N5O5.C14H20ClN3O4/c1-18-15-19(25-16-22(18)24)17-26-27(23(2,3)4,20-11-7-5-8-12-20)21-13-9-6-10-14-21;1-13(2)30-21(28)26-7-5-16(6-8-26)31-20-18(29-4)19(23-12-24-20)25-17-10-22-15(11-27)9-14(17)3;1-9(2)21-14(19)18-6-4-10(5-7-18)22-13-11(20-3)12(15)16-8-17-13/h5-16H,17,24H2,1-4H3;9-10,12-13,16,27H,5-8,11H2,1-4H3,(H,23,24,25);8-10H,4-7H2,1-3H3. The average molecular weight is 1140 g/mol. The Morgan fingerprint density at radius 1 is 0.700 bits per heavy atom. The van der Waals surface area contributed by atoms with Crippen LogP contribution in [0.3, 0.4) is 0 Å². The van der Waals surface area contributed by atoms with Crippen molar-refractivity contribution in [2.75, 3.05) is 51.4 Å². The number of rotatable bonds is 16. The minimum Gasteiger partial charge on any atom is -0.489 e. The molecule has 0 bridgehead atoms. The van der Waals surface area contributed by atoms with Gasteiger partial charge >= 0.3 is 12.2 Å². The summed E-state index contributed by atoms with van der Waals surface area (Å²) in [5.41, 5.74) is 10.8. The first-order valence-corrected chi connectivity index (χ1v) is 29.0. The number of carbonyl (C=O) groups excluding carboxylic acids is 2. The highest BCUT2D eigenvalue weighted by Crippen LogP contribution is 2.38. The van der Waals surface area contributed by atoms with Gasteiger partial charge in [0.2, 0.25) is 11.5 Å². The smallest absolute Gasteiger partial charge is 0.410 e. The highest BCUT2D eigenvalue weighted by atomic mass is 35.5. The third-order valence-corrected chi connectivity index (χ3v) is 18.4. The molecule has 4 aromatic heterocycles. The van der Waals surface area contributed by atoms with Gasteiger partial charge in [-0.3, -0.25) is 9.97 Å². The van der Waals surface area contributed by atoms with Gasteiger partial charge in [0.1, 0.15) is 24.9 Å². The molecule has 430 valence electrons. The minimum absolute atomic E-state index is 0.0431. The van der Waals surface area contributed by atoms with Crippen LogP contribution < -0.4 is 40.4 Å². The molecular weight excluding hydrogens is 1060 g/mol. The zero-order chi connectivity index (χ0) is 58.0. The fraction of sp³-hybridized carbons (Fsp3) is 0.448. The summed E-state index contributed by atoms with van der Waals surface area (Å²) in [5, 5.41) is 15.1. The van der Waals surface area contributed by atoms with Gasteiger partial charge in [0, 0.05) is 51.9 Å². The molecule has 6 heterocycles. The molecule has 0 aliphatic carbocycles. The van der Waals surface area contributed by atoms with E-state index in [2.05, 4.69) is 117 Å². The maximum Gasteiger partial charge on any atom is 0.410 e. The molecule has 4 N–H and O–H groups in total. The van der Waals surface area contributed by atoms with Crippen molar-refractivity contribution in [2.24, 2.45) is 0 Å². The first-order chi connectivity index (χ1) is 38.3. The second kappa shape index (κ2) is 29.2. The molecule has 2 amide bonds. The third-order valence-electron chi connectivity index (χ3n) is 13.2. The highest BCUT2D eigenvalue weighted by Gasteiger charge is 2.50. The number of nitrogen functional groups attached to an aromatic ring is 1. The Kier molecular flexibility index (Phi) is 22.6. The summed E-state index contributed by atoms with van der Waals surface area (Å²) in [6, 6.07) is 25.1. The quantitative estimate of drug-likeness (QED) is 0.0604. The van der Waals surface area contributed by atoms with Gasteiger partial charge in [-0.15, -0.1) is 0 Å². The topological polar surface area (TPSA) is 241 Å². The molecule has 2 aliphatic heterocycles. The van der Waals surface area contributed by atoms with Crippen molar-refractivity contribution >= 4 is 59.7 Å². The zero-order valence-electron chi connectivity index (χ0n) is 47.8. The number of hydrogen-bond acceptors (Lipinski definition) is 18.